The van der Waals surface area contributed by atoms with Crippen LogP contribution in [0.5, 0.6) is 5.75 Å². The summed E-state index contributed by atoms with van der Waals surface area (Å²) in [7, 11) is 3.61. The van der Waals surface area contributed by atoms with Crippen LogP contribution in [-0.2, 0) is 0 Å². The first-order chi connectivity index (χ1) is 10.1. The summed E-state index contributed by atoms with van der Waals surface area (Å²) >= 11 is 0. The molecule has 0 bridgehead atoms. The summed E-state index contributed by atoms with van der Waals surface area (Å²) < 4.78 is 19.1. The van der Waals surface area contributed by atoms with Crippen molar-refractivity contribution in [3.05, 3.63) is 29.6 Å². The van der Waals surface area contributed by atoms with Gasteiger partial charge in [-0.15, -0.1) is 0 Å². The van der Waals surface area contributed by atoms with Crippen molar-refractivity contribution < 1.29 is 9.13 Å². The first kappa shape index (κ1) is 16.3. The van der Waals surface area contributed by atoms with Crippen LogP contribution < -0.4 is 10.1 Å². The summed E-state index contributed by atoms with van der Waals surface area (Å²) in [6, 6.07) is 4.98. The molecule has 1 atom stereocenters. The molecule has 1 saturated carbocycles. The molecule has 1 N–H and O–H groups in total. The zero-order valence-corrected chi connectivity index (χ0v) is 13.7. The molecule has 1 fully saturated rings. The summed E-state index contributed by atoms with van der Waals surface area (Å²) in [5, 5.41) is 3.39. The van der Waals surface area contributed by atoms with Crippen molar-refractivity contribution in [3.63, 3.8) is 0 Å². The molecule has 118 valence electrons. The van der Waals surface area contributed by atoms with Gasteiger partial charge in [0.05, 0.1) is 7.11 Å². The van der Waals surface area contributed by atoms with Crippen molar-refractivity contribution in [3.8, 4) is 5.75 Å². The minimum absolute atomic E-state index is 0.170. The van der Waals surface area contributed by atoms with Crippen LogP contribution in [0.4, 0.5) is 4.39 Å². The van der Waals surface area contributed by atoms with Crippen LogP contribution in [0.25, 0.3) is 0 Å². The van der Waals surface area contributed by atoms with Crippen LogP contribution in [0, 0.1) is 23.6 Å². The number of methoxy groups -OCH3 is 1. The minimum Gasteiger partial charge on any atom is -0.496 e. The fourth-order valence-corrected chi connectivity index (χ4v) is 3.74. The van der Waals surface area contributed by atoms with E-state index >= 15 is 0 Å². The van der Waals surface area contributed by atoms with Gasteiger partial charge in [-0.2, -0.15) is 0 Å². The molecule has 21 heavy (non-hydrogen) atoms. The zero-order chi connectivity index (χ0) is 15.4. The average molecular weight is 293 g/mol. The maximum absolute atomic E-state index is 13.6. The highest BCUT2D eigenvalue weighted by Gasteiger charge is 2.30. The molecule has 0 saturated heterocycles. The van der Waals surface area contributed by atoms with Gasteiger partial charge < -0.3 is 10.1 Å². The number of rotatable bonds is 5. The Bertz CT molecular complexity index is 453. The Hall–Kier alpha value is -1.09. The van der Waals surface area contributed by atoms with Crippen molar-refractivity contribution in [2.75, 3.05) is 14.2 Å². The average Bonchev–Trinajstić information content (AvgIpc) is 2.49. The second-order valence-corrected chi connectivity index (χ2v) is 6.57. The lowest BCUT2D eigenvalue weighted by Crippen LogP contribution is -2.30. The number of nitrogens with one attached hydrogen (secondary N) is 1. The van der Waals surface area contributed by atoms with E-state index in [2.05, 4.69) is 19.2 Å². The second-order valence-electron chi connectivity index (χ2n) is 6.57. The molecule has 0 spiro atoms. The van der Waals surface area contributed by atoms with E-state index in [1.807, 2.05) is 7.05 Å². The molecule has 0 aliphatic heterocycles. The fourth-order valence-electron chi connectivity index (χ4n) is 3.74. The molecule has 0 heterocycles. The second kappa shape index (κ2) is 7.26. The topological polar surface area (TPSA) is 21.3 Å². The third-order valence-corrected chi connectivity index (χ3v) is 5.07. The van der Waals surface area contributed by atoms with Crippen molar-refractivity contribution in [2.24, 2.45) is 17.8 Å². The highest BCUT2D eigenvalue weighted by molar-refractivity contribution is 5.37. The maximum atomic E-state index is 13.6. The predicted octanol–water partition coefficient (Wildman–Crippen LogP) is 4.56. The van der Waals surface area contributed by atoms with Crippen molar-refractivity contribution in [2.45, 2.75) is 45.6 Å². The van der Waals surface area contributed by atoms with E-state index in [-0.39, 0.29) is 11.9 Å². The Morgan fingerprint density at radius 2 is 1.76 bits per heavy atom. The van der Waals surface area contributed by atoms with E-state index in [9.17, 15) is 4.39 Å². The van der Waals surface area contributed by atoms with E-state index in [0.717, 1.165) is 23.1 Å². The molecule has 0 aromatic heterocycles. The van der Waals surface area contributed by atoms with E-state index in [4.69, 9.17) is 4.74 Å². The van der Waals surface area contributed by atoms with Gasteiger partial charge in [-0.05, 0) is 68.7 Å². The Morgan fingerprint density at radius 3 is 2.29 bits per heavy atom. The zero-order valence-electron chi connectivity index (χ0n) is 13.7. The van der Waals surface area contributed by atoms with Gasteiger partial charge in [0.1, 0.15) is 11.6 Å². The van der Waals surface area contributed by atoms with Gasteiger partial charge in [0.25, 0.3) is 0 Å². The minimum atomic E-state index is -0.193. The summed E-state index contributed by atoms with van der Waals surface area (Å²) in [4.78, 5) is 0. The third kappa shape index (κ3) is 3.76. The van der Waals surface area contributed by atoms with E-state index < -0.39 is 0 Å². The lowest BCUT2D eigenvalue weighted by atomic mass is 9.73. The SMILES string of the molecule is CNC(c1cc(F)ccc1OC)C1CCC(C(C)C)CC1. The number of hydrogen-bond donors (Lipinski definition) is 1. The van der Waals surface area contributed by atoms with Crippen LogP contribution in [0.2, 0.25) is 0 Å². The molecule has 2 rings (SSSR count). The fraction of sp³-hybridized carbons (Fsp3) is 0.667. The molecular formula is C18H28FNO. The van der Waals surface area contributed by atoms with Crippen LogP contribution in [0.15, 0.2) is 18.2 Å². The van der Waals surface area contributed by atoms with Crippen LogP contribution >= 0.6 is 0 Å². The highest BCUT2D eigenvalue weighted by atomic mass is 19.1. The molecule has 1 aliphatic carbocycles. The van der Waals surface area contributed by atoms with E-state index in [1.54, 1.807) is 19.2 Å². The van der Waals surface area contributed by atoms with Gasteiger partial charge >= 0.3 is 0 Å². The summed E-state index contributed by atoms with van der Waals surface area (Å²) in [5.41, 5.74) is 0.952. The molecule has 1 unspecified atom stereocenters. The summed E-state index contributed by atoms with van der Waals surface area (Å²) in [6.45, 7) is 4.63. The standard InChI is InChI=1S/C18H28FNO/c1-12(2)13-5-7-14(8-6-13)18(20-3)16-11-15(19)9-10-17(16)21-4/h9-14,18,20H,5-8H2,1-4H3. The van der Waals surface area contributed by atoms with Crippen molar-refractivity contribution in [1.82, 2.24) is 5.32 Å². The van der Waals surface area contributed by atoms with E-state index in [1.165, 1.54) is 31.7 Å². The molecule has 1 aliphatic rings. The Kier molecular flexibility index (Phi) is 5.63. The smallest absolute Gasteiger partial charge is 0.123 e. The molecule has 2 nitrogen and oxygen atoms in total. The summed E-state index contributed by atoms with van der Waals surface area (Å²) in [5.74, 6) is 2.75. The van der Waals surface area contributed by atoms with Gasteiger partial charge in [0.15, 0.2) is 0 Å². The highest BCUT2D eigenvalue weighted by Crippen LogP contribution is 2.41. The third-order valence-electron chi connectivity index (χ3n) is 5.07. The van der Waals surface area contributed by atoms with E-state index in [0.29, 0.717) is 5.92 Å². The Morgan fingerprint density at radius 1 is 1.14 bits per heavy atom. The number of benzene rings is 1. The van der Waals surface area contributed by atoms with Gasteiger partial charge in [0.2, 0.25) is 0 Å². The molecule has 0 amide bonds. The van der Waals surface area contributed by atoms with Gasteiger partial charge in [0, 0.05) is 11.6 Å². The largest absolute Gasteiger partial charge is 0.496 e. The maximum Gasteiger partial charge on any atom is 0.123 e. The van der Waals surface area contributed by atoms with Gasteiger partial charge in [-0.3, -0.25) is 0 Å². The number of ether oxygens (including phenoxy) is 1. The van der Waals surface area contributed by atoms with Crippen molar-refractivity contribution in [1.29, 1.82) is 0 Å². The van der Waals surface area contributed by atoms with Crippen LogP contribution in [0.1, 0.15) is 51.1 Å². The first-order valence-corrected chi connectivity index (χ1v) is 8.07. The molecule has 1 aromatic carbocycles. The first-order valence-electron chi connectivity index (χ1n) is 8.07. The van der Waals surface area contributed by atoms with Crippen LogP contribution in [0.3, 0.4) is 0 Å². The predicted molar refractivity (Wildman–Crippen MR) is 85.0 cm³/mol. The molecule has 0 radical (unpaired) electrons. The van der Waals surface area contributed by atoms with Gasteiger partial charge in [-0.25, -0.2) is 4.39 Å². The molecular weight excluding hydrogens is 265 g/mol. The lowest BCUT2D eigenvalue weighted by Gasteiger charge is -2.36. The van der Waals surface area contributed by atoms with Crippen molar-refractivity contribution >= 4 is 0 Å². The number of halogens is 1. The lowest BCUT2D eigenvalue weighted by molar-refractivity contribution is 0.191. The molecule has 1 aromatic rings. The van der Waals surface area contributed by atoms with Gasteiger partial charge in [-0.1, -0.05) is 13.8 Å². The quantitative estimate of drug-likeness (QED) is 0.859. The van der Waals surface area contributed by atoms with Crippen LogP contribution in [-0.4, -0.2) is 14.2 Å². The Balaban J connectivity index is 2.15. The molecule has 3 heteroatoms. The normalized spacial score (nSPS) is 24.1. The Labute approximate surface area is 128 Å². The summed E-state index contributed by atoms with van der Waals surface area (Å²) in [6.07, 6.45) is 4.96. The number of hydrogen-bond acceptors (Lipinski definition) is 2. The monoisotopic (exact) mass is 293 g/mol.